The summed E-state index contributed by atoms with van der Waals surface area (Å²) in [5, 5.41) is 24.7. The number of aliphatic imine (C=N–C) groups is 1. The number of carbonyl (C=O) groups is 2. The van der Waals surface area contributed by atoms with E-state index < -0.39 is 17.9 Å². The highest BCUT2D eigenvalue weighted by Crippen LogP contribution is 2.30. The summed E-state index contributed by atoms with van der Waals surface area (Å²) in [4.78, 5) is 28.5. The third-order valence-corrected chi connectivity index (χ3v) is 3.63. The molecule has 1 atom stereocenters. The Balaban J connectivity index is 1.70. The van der Waals surface area contributed by atoms with Gasteiger partial charge in [-0.2, -0.15) is 0 Å². The molecule has 0 aromatic heterocycles. The van der Waals surface area contributed by atoms with Gasteiger partial charge < -0.3 is 21.1 Å². The SMILES string of the molecule is O=C(/C=C\c1ccccc1)NC1C=Nc2ccc(N([O-])O)cc2NC1=O. The number of hydrogen-bond donors (Lipinski definition) is 3. The average Bonchev–Trinajstić information content (AvgIpc) is 2.79. The van der Waals surface area contributed by atoms with Crippen LogP contribution in [0, 0.1) is 5.21 Å². The van der Waals surface area contributed by atoms with Crippen LogP contribution in [0.4, 0.5) is 17.1 Å². The van der Waals surface area contributed by atoms with Crippen LogP contribution in [0.15, 0.2) is 59.6 Å². The lowest BCUT2D eigenvalue weighted by Gasteiger charge is -2.22. The molecule has 0 saturated carbocycles. The molecule has 0 bridgehead atoms. The van der Waals surface area contributed by atoms with Crippen molar-refractivity contribution in [3.63, 3.8) is 0 Å². The molecular formula is C18H15N4O4-. The Bertz CT molecular complexity index is 878. The second kappa shape index (κ2) is 7.60. The zero-order valence-corrected chi connectivity index (χ0v) is 13.5. The molecular weight excluding hydrogens is 336 g/mol. The number of rotatable bonds is 4. The van der Waals surface area contributed by atoms with Crippen LogP contribution in [0.1, 0.15) is 5.56 Å². The van der Waals surface area contributed by atoms with Crippen LogP contribution in [0.5, 0.6) is 0 Å². The molecule has 1 unspecified atom stereocenters. The molecule has 1 aliphatic rings. The molecule has 8 heteroatoms. The number of anilines is 2. The first-order valence-corrected chi connectivity index (χ1v) is 7.72. The molecule has 0 fully saturated rings. The van der Waals surface area contributed by atoms with E-state index >= 15 is 0 Å². The Morgan fingerprint density at radius 2 is 2.04 bits per heavy atom. The fourth-order valence-corrected chi connectivity index (χ4v) is 2.33. The summed E-state index contributed by atoms with van der Waals surface area (Å²) in [5.41, 5.74) is 1.47. The lowest BCUT2D eigenvalue weighted by atomic mass is 10.2. The molecule has 1 heterocycles. The molecule has 0 spiro atoms. The van der Waals surface area contributed by atoms with E-state index in [1.165, 1.54) is 30.5 Å². The van der Waals surface area contributed by atoms with Crippen molar-refractivity contribution in [1.82, 2.24) is 5.32 Å². The van der Waals surface area contributed by atoms with Gasteiger partial charge in [0.2, 0.25) is 5.91 Å². The van der Waals surface area contributed by atoms with Gasteiger partial charge in [-0.05, 0) is 29.8 Å². The minimum Gasteiger partial charge on any atom is -0.733 e. The normalized spacial score (nSPS) is 15.9. The molecule has 0 saturated heterocycles. The standard InChI is InChI=1S/C18H15N4O4/c23-17(9-6-12-4-2-1-3-5-12)20-16-11-19-14-8-7-13(22(25)26)10-15(14)21-18(16)24/h1-11,16,25H,(H,20,23)(H,21,24)/q-1/b9-6-. The van der Waals surface area contributed by atoms with Crippen LogP contribution >= 0.6 is 0 Å². The molecule has 0 aliphatic carbocycles. The van der Waals surface area contributed by atoms with Gasteiger partial charge in [-0.1, -0.05) is 30.3 Å². The van der Waals surface area contributed by atoms with E-state index in [0.717, 1.165) is 5.56 Å². The summed E-state index contributed by atoms with van der Waals surface area (Å²) in [6.45, 7) is 0. The smallest absolute Gasteiger partial charge is 0.252 e. The summed E-state index contributed by atoms with van der Waals surface area (Å²) in [6, 6.07) is 12.4. The van der Waals surface area contributed by atoms with Crippen LogP contribution in [0.2, 0.25) is 0 Å². The number of hydrogen-bond acceptors (Lipinski definition) is 6. The third kappa shape index (κ3) is 4.12. The number of fused-ring (bicyclic) bond motifs is 1. The second-order valence-electron chi connectivity index (χ2n) is 5.47. The predicted octanol–water partition coefficient (Wildman–Crippen LogP) is 2.23. The van der Waals surface area contributed by atoms with Crippen molar-refractivity contribution in [1.29, 1.82) is 0 Å². The van der Waals surface area contributed by atoms with Gasteiger partial charge >= 0.3 is 0 Å². The molecule has 2 aromatic carbocycles. The average molecular weight is 351 g/mol. The molecule has 2 aromatic rings. The monoisotopic (exact) mass is 351 g/mol. The Hall–Kier alpha value is -3.49. The highest BCUT2D eigenvalue weighted by molar-refractivity contribution is 6.12. The van der Waals surface area contributed by atoms with E-state index in [-0.39, 0.29) is 16.6 Å². The fourth-order valence-electron chi connectivity index (χ4n) is 2.33. The number of benzene rings is 2. The van der Waals surface area contributed by atoms with E-state index in [0.29, 0.717) is 5.69 Å². The molecule has 3 N–H and O–H groups in total. The number of carbonyl (C=O) groups excluding carboxylic acids is 2. The van der Waals surface area contributed by atoms with Crippen LogP contribution in [0.25, 0.3) is 6.08 Å². The van der Waals surface area contributed by atoms with E-state index in [1.54, 1.807) is 6.08 Å². The minimum atomic E-state index is -0.976. The molecule has 0 radical (unpaired) electrons. The van der Waals surface area contributed by atoms with Crippen molar-refractivity contribution in [3.8, 4) is 0 Å². The Kier molecular flexibility index (Phi) is 5.07. The van der Waals surface area contributed by atoms with Gasteiger partial charge in [0.15, 0.2) is 0 Å². The van der Waals surface area contributed by atoms with Gasteiger partial charge in [-0.15, -0.1) is 0 Å². The molecule has 132 valence electrons. The summed E-state index contributed by atoms with van der Waals surface area (Å²) in [7, 11) is 0. The van der Waals surface area contributed by atoms with Gasteiger partial charge in [0.05, 0.1) is 17.1 Å². The molecule has 8 nitrogen and oxygen atoms in total. The number of amides is 2. The first kappa shape index (κ1) is 17.3. The van der Waals surface area contributed by atoms with Crippen molar-refractivity contribution in [2.45, 2.75) is 6.04 Å². The zero-order chi connectivity index (χ0) is 18.5. The van der Waals surface area contributed by atoms with Crippen molar-refractivity contribution >= 4 is 41.2 Å². The van der Waals surface area contributed by atoms with Gasteiger partial charge in [0, 0.05) is 12.3 Å². The van der Waals surface area contributed by atoms with Crippen LogP contribution in [-0.4, -0.2) is 29.3 Å². The summed E-state index contributed by atoms with van der Waals surface area (Å²) in [5.74, 6) is -0.963. The maximum atomic E-state index is 12.3. The van der Waals surface area contributed by atoms with Crippen LogP contribution in [-0.2, 0) is 9.59 Å². The molecule has 1 aliphatic heterocycles. The van der Waals surface area contributed by atoms with Gasteiger partial charge in [0.1, 0.15) is 6.04 Å². The quantitative estimate of drug-likeness (QED) is 0.577. The van der Waals surface area contributed by atoms with Gasteiger partial charge in [0.25, 0.3) is 5.91 Å². The van der Waals surface area contributed by atoms with Crippen LogP contribution < -0.4 is 15.9 Å². The predicted molar refractivity (Wildman–Crippen MR) is 98.3 cm³/mol. The Labute approximate surface area is 149 Å². The van der Waals surface area contributed by atoms with Crippen molar-refractivity contribution in [3.05, 3.63) is 65.4 Å². The maximum Gasteiger partial charge on any atom is 0.252 e. The topological polar surface area (TPSA) is 117 Å². The summed E-state index contributed by atoms with van der Waals surface area (Å²) >= 11 is 0. The lowest BCUT2D eigenvalue weighted by molar-refractivity contribution is -0.122. The van der Waals surface area contributed by atoms with Crippen molar-refractivity contribution in [2.75, 3.05) is 10.5 Å². The van der Waals surface area contributed by atoms with Crippen LogP contribution in [0.3, 0.4) is 0 Å². The largest absolute Gasteiger partial charge is 0.733 e. The number of nitrogens with zero attached hydrogens (tertiary/aromatic N) is 2. The minimum absolute atomic E-state index is 0.0486. The molecule has 3 rings (SSSR count). The Morgan fingerprint density at radius 3 is 2.77 bits per heavy atom. The highest BCUT2D eigenvalue weighted by atomic mass is 16.8. The highest BCUT2D eigenvalue weighted by Gasteiger charge is 2.22. The fraction of sp³-hybridized carbons (Fsp3) is 0.0556. The van der Waals surface area contributed by atoms with E-state index in [1.807, 2.05) is 30.3 Å². The van der Waals surface area contributed by atoms with Gasteiger partial charge in [-0.25, -0.2) is 0 Å². The van der Waals surface area contributed by atoms with Gasteiger partial charge in [-0.3, -0.25) is 19.8 Å². The summed E-state index contributed by atoms with van der Waals surface area (Å²) < 4.78 is 0. The first-order chi connectivity index (χ1) is 12.5. The number of nitrogens with one attached hydrogen (secondary N) is 2. The molecule has 2 amide bonds. The third-order valence-electron chi connectivity index (χ3n) is 3.63. The van der Waals surface area contributed by atoms with E-state index in [2.05, 4.69) is 15.6 Å². The summed E-state index contributed by atoms with van der Waals surface area (Å²) in [6.07, 6.45) is 4.27. The van der Waals surface area contributed by atoms with E-state index in [4.69, 9.17) is 5.21 Å². The molecule has 26 heavy (non-hydrogen) atoms. The Morgan fingerprint density at radius 1 is 1.27 bits per heavy atom. The van der Waals surface area contributed by atoms with Crippen molar-refractivity contribution in [2.24, 2.45) is 4.99 Å². The zero-order valence-electron chi connectivity index (χ0n) is 13.5. The lowest BCUT2D eigenvalue weighted by Crippen LogP contribution is -2.43. The second-order valence-corrected chi connectivity index (χ2v) is 5.47. The van der Waals surface area contributed by atoms with Crippen molar-refractivity contribution < 1.29 is 14.8 Å². The maximum absolute atomic E-state index is 12.3. The van der Waals surface area contributed by atoms with E-state index in [9.17, 15) is 14.8 Å². The first-order valence-electron chi connectivity index (χ1n) is 7.72.